The van der Waals surface area contributed by atoms with Gasteiger partial charge in [-0.2, -0.15) is 0 Å². The molecule has 0 aromatic carbocycles. The zero-order chi connectivity index (χ0) is 11.3. The quantitative estimate of drug-likeness (QED) is 0.536. The van der Waals surface area contributed by atoms with Gasteiger partial charge in [0.05, 0.1) is 10.9 Å². The predicted octanol–water partition coefficient (Wildman–Crippen LogP) is -0.841. The topological polar surface area (TPSA) is 84.2 Å². The number of carbonyl (C=O) groups is 2. The Morgan fingerprint density at radius 3 is 2.14 bits per heavy atom. The first-order valence-electron chi connectivity index (χ1n) is 4.21. The van der Waals surface area contributed by atoms with Crippen LogP contribution in [0.3, 0.4) is 0 Å². The first-order chi connectivity index (χ1) is 6.40. The van der Waals surface area contributed by atoms with Gasteiger partial charge in [0.25, 0.3) is 0 Å². The number of carbonyl (C=O) groups excluding carboxylic acids is 2. The lowest BCUT2D eigenvalue weighted by molar-refractivity contribution is -0.129. The second-order valence-corrected chi connectivity index (χ2v) is 3.44. The van der Waals surface area contributed by atoms with E-state index in [-0.39, 0.29) is 16.8 Å². The number of thiocarbonyl (C=S) groups is 1. The van der Waals surface area contributed by atoms with Gasteiger partial charge in [-0.05, 0) is 13.8 Å². The van der Waals surface area contributed by atoms with Crippen LogP contribution in [0.5, 0.6) is 0 Å². The van der Waals surface area contributed by atoms with Crippen molar-refractivity contribution in [1.82, 2.24) is 10.6 Å². The lowest BCUT2D eigenvalue weighted by atomic mass is 10.1. The number of nitrogens with one attached hydrogen (secondary N) is 2. The first kappa shape index (κ1) is 12.8. The van der Waals surface area contributed by atoms with Crippen LogP contribution in [0.4, 0.5) is 0 Å². The fourth-order valence-corrected chi connectivity index (χ4v) is 0.857. The van der Waals surface area contributed by atoms with E-state index >= 15 is 0 Å². The highest BCUT2D eigenvalue weighted by Crippen LogP contribution is 1.96. The predicted molar refractivity (Wildman–Crippen MR) is 57.6 cm³/mol. The molecule has 2 unspecified atom stereocenters. The maximum atomic E-state index is 11.4. The molecule has 0 heterocycles. The van der Waals surface area contributed by atoms with Gasteiger partial charge in [0, 0.05) is 7.05 Å². The molecule has 0 spiro atoms. The molecule has 2 atom stereocenters. The summed E-state index contributed by atoms with van der Waals surface area (Å²) in [6.45, 7) is 3.18. The van der Waals surface area contributed by atoms with Gasteiger partial charge in [0.2, 0.25) is 11.8 Å². The van der Waals surface area contributed by atoms with E-state index in [0.717, 1.165) is 0 Å². The van der Waals surface area contributed by atoms with E-state index in [4.69, 9.17) is 5.73 Å². The van der Waals surface area contributed by atoms with E-state index < -0.39 is 12.0 Å². The van der Waals surface area contributed by atoms with Crippen LogP contribution in [-0.2, 0) is 9.59 Å². The lowest BCUT2D eigenvalue weighted by Crippen LogP contribution is -2.47. The molecule has 0 aliphatic heterocycles. The van der Waals surface area contributed by atoms with Crippen molar-refractivity contribution in [3.05, 3.63) is 0 Å². The van der Waals surface area contributed by atoms with Crippen molar-refractivity contribution in [3.8, 4) is 0 Å². The summed E-state index contributed by atoms with van der Waals surface area (Å²) >= 11 is 4.66. The summed E-state index contributed by atoms with van der Waals surface area (Å²) in [5.41, 5.74) is 5.29. The number of likely N-dealkylation sites (N-methyl/N-ethyl adjacent to an activating group) is 1. The normalized spacial score (nSPS) is 13.9. The summed E-state index contributed by atoms with van der Waals surface area (Å²) in [4.78, 5) is 22.5. The summed E-state index contributed by atoms with van der Waals surface area (Å²) in [6.07, 6.45) is 0. The Bertz CT molecular complexity index is 255. The summed E-state index contributed by atoms with van der Waals surface area (Å²) in [5, 5.41) is 4.91. The van der Waals surface area contributed by atoms with E-state index in [1.807, 2.05) is 0 Å². The Kier molecular flexibility index (Phi) is 5.07. The molecule has 2 amide bonds. The Balaban J connectivity index is 4.19. The van der Waals surface area contributed by atoms with Crippen LogP contribution < -0.4 is 16.4 Å². The fourth-order valence-electron chi connectivity index (χ4n) is 0.750. The van der Waals surface area contributed by atoms with Crippen molar-refractivity contribution in [2.24, 2.45) is 11.7 Å². The molecule has 4 N–H and O–H groups in total. The zero-order valence-electron chi connectivity index (χ0n) is 8.46. The molecular formula is C8H15N3O2S. The molecule has 0 aromatic rings. The molecule has 0 aromatic heterocycles. The summed E-state index contributed by atoms with van der Waals surface area (Å²) in [7, 11) is 1.50. The van der Waals surface area contributed by atoms with Gasteiger partial charge in [-0.1, -0.05) is 12.2 Å². The number of amides is 2. The zero-order valence-corrected chi connectivity index (χ0v) is 9.27. The average Bonchev–Trinajstić information content (AvgIpc) is 2.14. The largest absolute Gasteiger partial charge is 0.393 e. The molecule has 6 heteroatoms. The number of rotatable bonds is 4. The van der Waals surface area contributed by atoms with E-state index in [2.05, 4.69) is 22.9 Å². The number of hydrogen-bond acceptors (Lipinski definition) is 3. The Morgan fingerprint density at radius 2 is 1.79 bits per heavy atom. The molecule has 0 rings (SSSR count). The first-order valence-corrected chi connectivity index (χ1v) is 4.62. The summed E-state index contributed by atoms with van der Waals surface area (Å²) in [6, 6.07) is -0.579. The van der Waals surface area contributed by atoms with Crippen molar-refractivity contribution in [3.63, 3.8) is 0 Å². The minimum atomic E-state index is -0.579. The minimum Gasteiger partial charge on any atom is -0.393 e. The second kappa shape index (κ2) is 5.54. The molecule has 0 aliphatic rings. The minimum absolute atomic E-state index is 0.117. The van der Waals surface area contributed by atoms with Gasteiger partial charge in [-0.25, -0.2) is 0 Å². The van der Waals surface area contributed by atoms with Crippen LogP contribution in [0.1, 0.15) is 13.8 Å². The molecule has 80 valence electrons. The number of hydrogen-bond donors (Lipinski definition) is 3. The van der Waals surface area contributed by atoms with E-state index in [9.17, 15) is 9.59 Å². The second-order valence-electron chi connectivity index (χ2n) is 2.97. The Morgan fingerprint density at radius 1 is 1.29 bits per heavy atom. The van der Waals surface area contributed by atoms with Crippen LogP contribution in [0.25, 0.3) is 0 Å². The van der Waals surface area contributed by atoms with Crippen molar-refractivity contribution in [1.29, 1.82) is 0 Å². The lowest BCUT2D eigenvalue weighted by Gasteiger charge is -2.15. The molecule has 0 fully saturated rings. The highest BCUT2D eigenvalue weighted by atomic mass is 32.1. The smallest absolute Gasteiger partial charge is 0.242 e. The van der Waals surface area contributed by atoms with Crippen molar-refractivity contribution >= 4 is 29.0 Å². The molecule has 0 saturated heterocycles. The van der Waals surface area contributed by atoms with Gasteiger partial charge in [0.1, 0.15) is 6.04 Å². The third-order valence-corrected chi connectivity index (χ3v) is 2.17. The van der Waals surface area contributed by atoms with Crippen LogP contribution in [-0.4, -0.2) is 29.9 Å². The summed E-state index contributed by atoms with van der Waals surface area (Å²) in [5.74, 6) is -1.15. The summed E-state index contributed by atoms with van der Waals surface area (Å²) < 4.78 is 0. The van der Waals surface area contributed by atoms with Crippen LogP contribution >= 0.6 is 12.2 Å². The van der Waals surface area contributed by atoms with Crippen LogP contribution in [0.2, 0.25) is 0 Å². The standard InChI is InChI=1S/C8H15N3O2S/c1-4(6(9)14)7(12)11-5(2)8(13)10-3/h4-5H,1-3H3,(H2,9,14)(H,10,13)(H,11,12). The van der Waals surface area contributed by atoms with Crippen LogP contribution in [0.15, 0.2) is 0 Å². The average molecular weight is 217 g/mol. The van der Waals surface area contributed by atoms with Gasteiger partial charge in [-0.3, -0.25) is 9.59 Å². The van der Waals surface area contributed by atoms with Gasteiger partial charge < -0.3 is 16.4 Å². The third-order valence-electron chi connectivity index (χ3n) is 1.82. The molecular weight excluding hydrogens is 202 g/mol. The highest BCUT2D eigenvalue weighted by molar-refractivity contribution is 7.80. The maximum Gasteiger partial charge on any atom is 0.242 e. The molecule has 0 bridgehead atoms. The molecule has 14 heavy (non-hydrogen) atoms. The number of nitrogens with two attached hydrogens (primary N) is 1. The molecule has 0 aliphatic carbocycles. The molecule has 5 nitrogen and oxygen atoms in total. The van der Waals surface area contributed by atoms with Gasteiger partial charge in [0.15, 0.2) is 0 Å². The van der Waals surface area contributed by atoms with E-state index in [0.29, 0.717) is 0 Å². The van der Waals surface area contributed by atoms with Crippen molar-refractivity contribution in [2.45, 2.75) is 19.9 Å². The van der Waals surface area contributed by atoms with Crippen molar-refractivity contribution in [2.75, 3.05) is 7.05 Å². The Labute approximate surface area is 88.4 Å². The van der Waals surface area contributed by atoms with Crippen molar-refractivity contribution < 1.29 is 9.59 Å². The molecule has 0 saturated carbocycles. The van der Waals surface area contributed by atoms with Gasteiger partial charge >= 0.3 is 0 Å². The third kappa shape index (κ3) is 3.69. The Hall–Kier alpha value is -1.17. The fraction of sp³-hybridized carbons (Fsp3) is 0.625. The highest BCUT2D eigenvalue weighted by Gasteiger charge is 2.20. The SMILES string of the molecule is CNC(=O)C(C)NC(=O)C(C)C(N)=S. The van der Waals surface area contributed by atoms with E-state index in [1.54, 1.807) is 13.8 Å². The monoisotopic (exact) mass is 217 g/mol. The molecule has 0 radical (unpaired) electrons. The van der Waals surface area contributed by atoms with Crippen LogP contribution in [0, 0.1) is 5.92 Å². The van der Waals surface area contributed by atoms with E-state index in [1.165, 1.54) is 7.05 Å². The maximum absolute atomic E-state index is 11.4. The van der Waals surface area contributed by atoms with Gasteiger partial charge in [-0.15, -0.1) is 0 Å².